The molecule has 0 bridgehead atoms. The van der Waals surface area contributed by atoms with E-state index in [-0.39, 0.29) is 35.2 Å². The van der Waals surface area contributed by atoms with Crippen molar-refractivity contribution >= 4 is 11.5 Å². The van der Waals surface area contributed by atoms with E-state index in [0.29, 0.717) is 29.8 Å². The molecule has 0 saturated carbocycles. The number of hydrogen-bond acceptors (Lipinski definition) is 3. The van der Waals surface area contributed by atoms with E-state index in [1.54, 1.807) is 48.5 Å². The van der Waals surface area contributed by atoms with Gasteiger partial charge < -0.3 is 5.32 Å². The number of carbonyl (C=O) groups is 1. The zero-order valence-electron chi connectivity index (χ0n) is 22.9. The Morgan fingerprint density at radius 1 is 0.643 bits per heavy atom. The van der Waals surface area contributed by atoms with E-state index in [9.17, 15) is 22.4 Å². The van der Waals surface area contributed by atoms with Gasteiger partial charge in [-0.1, -0.05) is 48.5 Å². The molecule has 216 valence electrons. The Hall–Kier alpha value is -4.27. The van der Waals surface area contributed by atoms with Gasteiger partial charge in [0, 0.05) is 45.3 Å². The molecule has 0 unspecified atom stereocenters. The molecule has 1 aliphatic rings. The van der Waals surface area contributed by atoms with Gasteiger partial charge in [-0.25, -0.2) is 17.6 Å². The third-order valence-electron chi connectivity index (χ3n) is 7.46. The van der Waals surface area contributed by atoms with E-state index in [1.165, 1.54) is 54.6 Å². The van der Waals surface area contributed by atoms with Crippen molar-refractivity contribution in [3.8, 4) is 0 Å². The Balaban J connectivity index is 1.19. The van der Waals surface area contributed by atoms with Gasteiger partial charge >= 0.3 is 0 Å². The molecular formula is C34H31F4N3O. The van der Waals surface area contributed by atoms with Gasteiger partial charge in [-0.15, -0.1) is 0 Å². The standard InChI is InChI=1S/C34H31F4N3O/c35-28-9-1-24(2-10-28)32(25-3-11-29(36)12-4-25)23-33(42)39-17-18-40-19-21-41(22-20-40)34(26-5-13-30(37)14-6-26)27-7-15-31(38)16-8-27/h1-16,23,34H,17-22H2,(H,39,42). The number of piperazine rings is 1. The second kappa shape index (κ2) is 13.6. The molecule has 0 aromatic heterocycles. The van der Waals surface area contributed by atoms with Crippen LogP contribution in [0, 0.1) is 23.3 Å². The maximum absolute atomic E-state index is 13.6. The van der Waals surface area contributed by atoms with E-state index >= 15 is 0 Å². The Bertz CT molecular complexity index is 1400. The number of hydrogen-bond donors (Lipinski definition) is 1. The molecule has 0 radical (unpaired) electrons. The van der Waals surface area contributed by atoms with Crippen LogP contribution < -0.4 is 5.32 Å². The molecule has 4 aromatic carbocycles. The van der Waals surface area contributed by atoms with Crippen LogP contribution in [0.25, 0.3) is 5.57 Å². The predicted octanol–water partition coefficient (Wildman–Crippen LogP) is 6.20. The number of carbonyl (C=O) groups excluding carboxylic acids is 1. The first kappa shape index (κ1) is 29.2. The third kappa shape index (κ3) is 7.51. The summed E-state index contributed by atoms with van der Waals surface area (Å²) in [7, 11) is 0. The molecule has 4 nitrogen and oxygen atoms in total. The zero-order chi connectivity index (χ0) is 29.5. The highest BCUT2D eigenvalue weighted by molar-refractivity contribution is 5.99. The largest absolute Gasteiger partial charge is 0.351 e. The number of halogens is 4. The number of amides is 1. The lowest BCUT2D eigenvalue weighted by molar-refractivity contribution is -0.116. The normalized spacial score (nSPS) is 14.1. The van der Waals surface area contributed by atoms with Gasteiger partial charge in [0.1, 0.15) is 23.3 Å². The lowest BCUT2D eigenvalue weighted by Crippen LogP contribution is -2.49. The molecule has 5 rings (SSSR count). The van der Waals surface area contributed by atoms with Crippen molar-refractivity contribution in [2.75, 3.05) is 39.3 Å². The summed E-state index contributed by atoms with van der Waals surface area (Å²) < 4.78 is 54.2. The Morgan fingerprint density at radius 3 is 1.48 bits per heavy atom. The van der Waals surface area contributed by atoms with Gasteiger partial charge in [-0.2, -0.15) is 0 Å². The molecule has 0 spiro atoms. The topological polar surface area (TPSA) is 35.6 Å². The molecule has 0 aliphatic carbocycles. The number of rotatable bonds is 9. The minimum absolute atomic E-state index is 0.130. The second-order valence-corrected chi connectivity index (χ2v) is 10.2. The van der Waals surface area contributed by atoms with Crippen LogP contribution in [0.15, 0.2) is 103 Å². The number of benzene rings is 4. The maximum atomic E-state index is 13.6. The molecule has 8 heteroatoms. The van der Waals surface area contributed by atoms with Crippen LogP contribution >= 0.6 is 0 Å². The monoisotopic (exact) mass is 573 g/mol. The number of nitrogens with zero attached hydrogens (tertiary/aromatic N) is 2. The summed E-state index contributed by atoms with van der Waals surface area (Å²) in [6.45, 7) is 4.09. The summed E-state index contributed by atoms with van der Waals surface area (Å²) >= 11 is 0. The zero-order valence-corrected chi connectivity index (χ0v) is 22.9. The first-order valence-corrected chi connectivity index (χ1v) is 13.8. The molecule has 1 aliphatic heterocycles. The van der Waals surface area contributed by atoms with Crippen molar-refractivity contribution in [2.24, 2.45) is 0 Å². The van der Waals surface area contributed by atoms with Crippen molar-refractivity contribution in [2.45, 2.75) is 6.04 Å². The summed E-state index contributed by atoms with van der Waals surface area (Å²) in [6, 6.07) is 24.3. The predicted molar refractivity (Wildman–Crippen MR) is 156 cm³/mol. The fourth-order valence-electron chi connectivity index (χ4n) is 5.26. The average molecular weight is 574 g/mol. The van der Waals surface area contributed by atoms with Crippen molar-refractivity contribution in [3.05, 3.63) is 149 Å². The molecule has 42 heavy (non-hydrogen) atoms. The SMILES string of the molecule is O=C(C=C(c1ccc(F)cc1)c1ccc(F)cc1)NCCN1CCN(C(c2ccc(F)cc2)c2ccc(F)cc2)CC1. The summed E-state index contributed by atoms with van der Waals surface area (Å²) in [6.07, 6.45) is 1.45. The van der Waals surface area contributed by atoms with E-state index in [2.05, 4.69) is 15.1 Å². The van der Waals surface area contributed by atoms with Crippen LogP contribution in [-0.4, -0.2) is 55.0 Å². The molecule has 1 fully saturated rings. The molecule has 1 N–H and O–H groups in total. The van der Waals surface area contributed by atoms with Gasteiger partial charge in [-0.3, -0.25) is 14.6 Å². The van der Waals surface area contributed by atoms with Crippen LogP contribution in [-0.2, 0) is 4.79 Å². The van der Waals surface area contributed by atoms with E-state index in [1.807, 2.05) is 0 Å². The Labute approximate surface area is 242 Å². The second-order valence-electron chi connectivity index (χ2n) is 10.2. The van der Waals surface area contributed by atoms with Gasteiger partial charge in [0.2, 0.25) is 5.91 Å². The summed E-state index contributed by atoms with van der Waals surface area (Å²) in [5.74, 6) is -1.68. The average Bonchev–Trinajstić information content (AvgIpc) is 3.00. The van der Waals surface area contributed by atoms with E-state index in [4.69, 9.17) is 0 Å². The third-order valence-corrected chi connectivity index (χ3v) is 7.46. The quantitative estimate of drug-likeness (QED) is 0.191. The van der Waals surface area contributed by atoms with Crippen LogP contribution in [0.5, 0.6) is 0 Å². The fraction of sp³-hybridized carbons (Fsp3) is 0.206. The van der Waals surface area contributed by atoms with Crippen molar-refractivity contribution in [3.63, 3.8) is 0 Å². The molecule has 4 aromatic rings. The molecular weight excluding hydrogens is 542 g/mol. The summed E-state index contributed by atoms with van der Waals surface area (Å²) in [5.41, 5.74) is 3.73. The lowest BCUT2D eigenvalue weighted by Gasteiger charge is -2.39. The number of nitrogens with one attached hydrogen (secondary N) is 1. The van der Waals surface area contributed by atoms with Crippen LogP contribution in [0.3, 0.4) is 0 Å². The Morgan fingerprint density at radius 2 is 1.05 bits per heavy atom. The minimum atomic E-state index is -0.386. The van der Waals surface area contributed by atoms with Gasteiger partial charge in [-0.05, 0) is 76.4 Å². The highest BCUT2D eigenvalue weighted by Crippen LogP contribution is 2.30. The van der Waals surface area contributed by atoms with Crippen molar-refractivity contribution < 1.29 is 22.4 Å². The van der Waals surface area contributed by atoms with Crippen molar-refractivity contribution in [1.82, 2.24) is 15.1 Å². The molecule has 1 amide bonds. The summed E-state index contributed by atoms with van der Waals surface area (Å²) in [5, 5.41) is 2.93. The highest BCUT2D eigenvalue weighted by atomic mass is 19.1. The molecule has 0 atom stereocenters. The van der Waals surface area contributed by atoms with Gasteiger partial charge in [0.05, 0.1) is 6.04 Å². The Kier molecular flexibility index (Phi) is 9.46. The maximum Gasteiger partial charge on any atom is 0.244 e. The molecule has 1 saturated heterocycles. The smallest absolute Gasteiger partial charge is 0.244 e. The minimum Gasteiger partial charge on any atom is -0.351 e. The summed E-state index contributed by atoms with van der Waals surface area (Å²) in [4.78, 5) is 17.4. The van der Waals surface area contributed by atoms with Gasteiger partial charge in [0.25, 0.3) is 0 Å². The first-order chi connectivity index (χ1) is 20.4. The highest BCUT2D eigenvalue weighted by Gasteiger charge is 2.26. The fourth-order valence-corrected chi connectivity index (χ4v) is 5.26. The van der Waals surface area contributed by atoms with E-state index in [0.717, 1.165) is 37.3 Å². The van der Waals surface area contributed by atoms with E-state index < -0.39 is 0 Å². The van der Waals surface area contributed by atoms with Crippen LogP contribution in [0.1, 0.15) is 28.3 Å². The van der Waals surface area contributed by atoms with Crippen LogP contribution in [0.4, 0.5) is 17.6 Å². The lowest BCUT2D eigenvalue weighted by atomic mass is 9.96. The van der Waals surface area contributed by atoms with Gasteiger partial charge in [0.15, 0.2) is 0 Å². The van der Waals surface area contributed by atoms with Crippen molar-refractivity contribution in [1.29, 1.82) is 0 Å². The first-order valence-electron chi connectivity index (χ1n) is 13.8. The van der Waals surface area contributed by atoms with Crippen LogP contribution in [0.2, 0.25) is 0 Å². The molecule has 1 heterocycles.